The van der Waals surface area contributed by atoms with Crippen molar-refractivity contribution in [1.29, 1.82) is 0 Å². The molecule has 0 saturated heterocycles. The Labute approximate surface area is 415 Å². The minimum atomic E-state index is -0.789. The largest absolute Gasteiger partial charge is 0.462 e. The Bertz CT molecular complexity index is 1210. The van der Waals surface area contributed by atoms with Gasteiger partial charge in [-0.2, -0.15) is 0 Å². The summed E-state index contributed by atoms with van der Waals surface area (Å²) in [7, 11) is 0. The van der Waals surface area contributed by atoms with Crippen molar-refractivity contribution in [2.75, 3.05) is 13.2 Å². The number of rotatable bonds is 52. The number of carbonyl (C=O) groups excluding carboxylic acids is 3. The van der Waals surface area contributed by atoms with Gasteiger partial charge in [0.25, 0.3) is 0 Å². The van der Waals surface area contributed by atoms with Crippen LogP contribution in [0.2, 0.25) is 0 Å². The van der Waals surface area contributed by atoms with Gasteiger partial charge in [0, 0.05) is 19.3 Å². The van der Waals surface area contributed by atoms with Gasteiger partial charge in [0.1, 0.15) is 13.2 Å². The molecule has 0 radical (unpaired) electrons. The molecule has 6 heteroatoms. The second kappa shape index (κ2) is 55.7. The van der Waals surface area contributed by atoms with E-state index in [2.05, 4.69) is 81.5 Å². The molecule has 0 amide bonds. The summed E-state index contributed by atoms with van der Waals surface area (Å²) in [5, 5.41) is 0. The van der Waals surface area contributed by atoms with E-state index in [0.29, 0.717) is 19.3 Å². The van der Waals surface area contributed by atoms with Crippen LogP contribution < -0.4 is 0 Å². The van der Waals surface area contributed by atoms with Crippen LogP contribution in [0.1, 0.15) is 290 Å². The molecular formula is C61H108O6. The van der Waals surface area contributed by atoms with Gasteiger partial charge in [-0.3, -0.25) is 14.4 Å². The van der Waals surface area contributed by atoms with Crippen LogP contribution in [0.25, 0.3) is 0 Å². The highest BCUT2D eigenvalue weighted by Crippen LogP contribution is 2.16. The van der Waals surface area contributed by atoms with Crippen molar-refractivity contribution >= 4 is 17.9 Å². The summed E-state index contributed by atoms with van der Waals surface area (Å²) in [6.07, 6.45) is 69.2. The molecule has 0 spiro atoms. The zero-order valence-corrected chi connectivity index (χ0v) is 44.4. The SMILES string of the molecule is CCCCC/C=C\C/C=C\C/C=C\CCCCC(=O)OC[C@@H](COC(=O)CCCCCCCCCCC/C=C\C/C=C\CCCCC)OC(=O)CCCCCCCCCCCCCCCCC. The Kier molecular flexibility index (Phi) is 53.3. The lowest BCUT2D eigenvalue weighted by molar-refractivity contribution is -0.167. The van der Waals surface area contributed by atoms with E-state index in [9.17, 15) is 14.4 Å². The molecule has 388 valence electrons. The van der Waals surface area contributed by atoms with E-state index in [-0.39, 0.29) is 31.1 Å². The molecule has 67 heavy (non-hydrogen) atoms. The van der Waals surface area contributed by atoms with Crippen LogP contribution in [0.3, 0.4) is 0 Å². The van der Waals surface area contributed by atoms with Crippen LogP contribution in [0.5, 0.6) is 0 Å². The number of unbranched alkanes of at least 4 members (excludes halogenated alkanes) is 31. The molecule has 0 rings (SSSR count). The highest BCUT2D eigenvalue weighted by atomic mass is 16.6. The molecule has 0 aliphatic heterocycles. The Hall–Kier alpha value is -2.89. The number of carbonyl (C=O) groups is 3. The van der Waals surface area contributed by atoms with Gasteiger partial charge in [-0.05, 0) is 89.9 Å². The fraction of sp³-hybridized carbons (Fsp3) is 0.787. The molecule has 0 N–H and O–H groups in total. The fourth-order valence-corrected chi connectivity index (χ4v) is 8.13. The van der Waals surface area contributed by atoms with Crippen LogP contribution in [0, 0.1) is 0 Å². The highest BCUT2D eigenvalue weighted by molar-refractivity contribution is 5.71. The minimum Gasteiger partial charge on any atom is -0.462 e. The Morgan fingerprint density at radius 1 is 0.299 bits per heavy atom. The maximum atomic E-state index is 12.8. The van der Waals surface area contributed by atoms with Crippen molar-refractivity contribution in [3.63, 3.8) is 0 Å². The predicted octanol–water partition coefficient (Wildman–Crippen LogP) is 19.2. The molecule has 0 unspecified atom stereocenters. The quantitative estimate of drug-likeness (QED) is 0.0262. The first-order chi connectivity index (χ1) is 33.0. The summed E-state index contributed by atoms with van der Waals surface area (Å²) < 4.78 is 16.8. The lowest BCUT2D eigenvalue weighted by Crippen LogP contribution is -2.30. The maximum absolute atomic E-state index is 12.8. The van der Waals surface area contributed by atoms with Crippen molar-refractivity contribution in [2.24, 2.45) is 0 Å². The lowest BCUT2D eigenvalue weighted by Gasteiger charge is -2.18. The first-order valence-corrected chi connectivity index (χ1v) is 28.8. The summed E-state index contributed by atoms with van der Waals surface area (Å²) in [4.78, 5) is 38.1. The number of hydrogen-bond donors (Lipinski definition) is 0. The van der Waals surface area contributed by atoms with Crippen molar-refractivity contribution in [2.45, 2.75) is 297 Å². The monoisotopic (exact) mass is 937 g/mol. The van der Waals surface area contributed by atoms with E-state index in [1.807, 2.05) is 0 Å². The first kappa shape index (κ1) is 64.1. The molecule has 0 aromatic rings. The summed E-state index contributed by atoms with van der Waals surface area (Å²) >= 11 is 0. The number of ether oxygens (including phenoxy) is 3. The molecule has 0 bridgehead atoms. The zero-order valence-electron chi connectivity index (χ0n) is 44.4. The Morgan fingerprint density at radius 2 is 0.537 bits per heavy atom. The van der Waals surface area contributed by atoms with E-state index in [1.165, 1.54) is 173 Å². The molecule has 0 aromatic heterocycles. The summed E-state index contributed by atoms with van der Waals surface area (Å²) in [5.74, 6) is -0.917. The van der Waals surface area contributed by atoms with Gasteiger partial charge < -0.3 is 14.2 Å². The number of esters is 3. The summed E-state index contributed by atoms with van der Waals surface area (Å²) in [6.45, 7) is 6.58. The van der Waals surface area contributed by atoms with Gasteiger partial charge in [0.05, 0.1) is 0 Å². The van der Waals surface area contributed by atoms with Gasteiger partial charge in [-0.15, -0.1) is 0 Å². The third-order valence-corrected chi connectivity index (χ3v) is 12.5. The molecule has 1 atom stereocenters. The normalized spacial score (nSPS) is 12.5. The third-order valence-electron chi connectivity index (χ3n) is 12.5. The van der Waals surface area contributed by atoms with Gasteiger partial charge >= 0.3 is 17.9 Å². The van der Waals surface area contributed by atoms with Crippen molar-refractivity contribution in [1.82, 2.24) is 0 Å². The third kappa shape index (κ3) is 53.9. The van der Waals surface area contributed by atoms with Crippen LogP contribution in [-0.2, 0) is 28.6 Å². The standard InChI is InChI=1S/C61H108O6/c1-4-7-10-13-16-19-22-25-28-29-30-31-34-36-39-42-45-48-51-54-60(63)66-57-58(67-61(64)55-52-49-46-43-40-37-33-27-24-21-18-15-12-9-6-3)56-65-59(62)53-50-47-44-41-38-35-32-26-23-20-17-14-11-8-5-2/h16-17,19-20,25-26,28,32,38,41,58H,4-15,18,21-24,27,29-31,33-37,39-40,42-57H2,1-3H3/b19-16-,20-17-,28-25-,32-26-,41-38-/t58-/m0/s1. The highest BCUT2D eigenvalue weighted by Gasteiger charge is 2.19. The van der Waals surface area contributed by atoms with Crippen LogP contribution in [0.4, 0.5) is 0 Å². The van der Waals surface area contributed by atoms with Gasteiger partial charge in [0.15, 0.2) is 6.10 Å². The van der Waals surface area contributed by atoms with Crippen molar-refractivity contribution in [3.8, 4) is 0 Å². The van der Waals surface area contributed by atoms with Crippen LogP contribution in [0.15, 0.2) is 60.8 Å². The maximum Gasteiger partial charge on any atom is 0.306 e. The average molecular weight is 938 g/mol. The Morgan fingerprint density at radius 3 is 0.896 bits per heavy atom. The molecule has 0 saturated carbocycles. The van der Waals surface area contributed by atoms with Gasteiger partial charge in [0.2, 0.25) is 0 Å². The molecule has 0 fully saturated rings. The van der Waals surface area contributed by atoms with E-state index in [4.69, 9.17) is 14.2 Å². The second-order valence-corrected chi connectivity index (χ2v) is 19.2. The molecule has 6 nitrogen and oxygen atoms in total. The van der Waals surface area contributed by atoms with Gasteiger partial charge in [-0.1, -0.05) is 242 Å². The smallest absolute Gasteiger partial charge is 0.306 e. The van der Waals surface area contributed by atoms with E-state index >= 15 is 0 Å². The van der Waals surface area contributed by atoms with Gasteiger partial charge in [-0.25, -0.2) is 0 Å². The zero-order chi connectivity index (χ0) is 48.6. The molecule has 0 aromatic carbocycles. The lowest BCUT2D eigenvalue weighted by atomic mass is 10.0. The number of hydrogen-bond acceptors (Lipinski definition) is 6. The molecule has 0 heterocycles. The van der Waals surface area contributed by atoms with E-state index < -0.39 is 6.10 Å². The Balaban J connectivity index is 4.40. The van der Waals surface area contributed by atoms with E-state index in [1.54, 1.807) is 0 Å². The average Bonchev–Trinajstić information content (AvgIpc) is 3.33. The predicted molar refractivity (Wildman–Crippen MR) is 288 cm³/mol. The van der Waals surface area contributed by atoms with Crippen molar-refractivity contribution < 1.29 is 28.6 Å². The molecule has 0 aliphatic rings. The molecule has 0 aliphatic carbocycles. The second-order valence-electron chi connectivity index (χ2n) is 19.2. The topological polar surface area (TPSA) is 78.9 Å². The number of allylic oxidation sites excluding steroid dienone is 10. The fourth-order valence-electron chi connectivity index (χ4n) is 8.13. The van der Waals surface area contributed by atoms with E-state index in [0.717, 1.165) is 77.0 Å². The molecular weight excluding hydrogens is 829 g/mol. The van der Waals surface area contributed by atoms with Crippen LogP contribution in [-0.4, -0.2) is 37.2 Å². The first-order valence-electron chi connectivity index (χ1n) is 28.8. The van der Waals surface area contributed by atoms with Crippen molar-refractivity contribution in [3.05, 3.63) is 60.8 Å². The minimum absolute atomic E-state index is 0.0861. The van der Waals surface area contributed by atoms with Crippen LogP contribution >= 0.6 is 0 Å². The summed E-state index contributed by atoms with van der Waals surface area (Å²) in [6, 6.07) is 0. The summed E-state index contributed by atoms with van der Waals surface area (Å²) in [5.41, 5.74) is 0.